The lowest BCUT2D eigenvalue weighted by Crippen LogP contribution is -2.46. The summed E-state index contributed by atoms with van der Waals surface area (Å²) < 4.78 is 5.29. The molecular formula is C20H22O6. The van der Waals surface area contributed by atoms with Crippen molar-refractivity contribution in [3.05, 3.63) is 28.8 Å². The summed E-state index contributed by atoms with van der Waals surface area (Å²) in [4.78, 5) is 37.0. The first-order valence-corrected chi connectivity index (χ1v) is 8.56. The Hall–Kier alpha value is -2.63. The van der Waals surface area contributed by atoms with Crippen molar-refractivity contribution >= 4 is 17.5 Å². The van der Waals surface area contributed by atoms with E-state index in [0.29, 0.717) is 5.56 Å². The molecule has 0 saturated carbocycles. The van der Waals surface area contributed by atoms with Gasteiger partial charge in [-0.3, -0.25) is 14.4 Å². The molecular weight excluding hydrogens is 336 g/mol. The number of aromatic hydroxyl groups is 2. The first-order valence-electron chi connectivity index (χ1n) is 8.56. The van der Waals surface area contributed by atoms with Gasteiger partial charge in [-0.15, -0.1) is 0 Å². The maximum Gasteiger partial charge on any atom is 0.312 e. The second kappa shape index (κ2) is 5.69. The maximum absolute atomic E-state index is 12.9. The number of hydrogen-bond donors (Lipinski definition) is 2. The minimum absolute atomic E-state index is 0.0372. The van der Waals surface area contributed by atoms with E-state index in [1.54, 1.807) is 20.8 Å². The molecule has 0 aromatic heterocycles. The van der Waals surface area contributed by atoms with Gasteiger partial charge in [0.1, 0.15) is 5.75 Å². The summed E-state index contributed by atoms with van der Waals surface area (Å²) in [6.07, 6.45) is -0.109. The quantitative estimate of drug-likeness (QED) is 0.489. The summed E-state index contributed by atoms with van der Waals surface area (Å²) in [5.74, 6) is -2.78. The van der Waals surface area contributed by atoms with Gasteiger partial charge < -0.3 is 14.9 Å². The zero-order valence-corrected chi connectivity index (χ0v) is 15.3. The summed E-state index contributed by atoms with van der Waals surface area (Å²) in [5, 5.41) is 21.4. The molecule has 1 aliphatic heterocycles. The number of phenols is 2. The third-order valence-electron chi connectivity index (χ3n) is 5.63. The van der Waals surface area contributed by atoms with Gasteiger partial charge in [0.2, 0.25) is 0 Å². The fraction of sp³-hybridized carbons (Fsp3) is 0.450. The molecule has 2 aliphatic rings. The van der Waals surface area contributed by atoms with Gasteiger partial charge in [-0.2, -0.15) is 0 Å². The number of benzene rings is 1. The highest BCUT2D eigenvalue weighted by Crippen LogP contribution is 2.59. The van der Waals surface area contributed by atoms with E-state index in [1.807, 2.05) is 0 Å². The molecule has 6 heteroatoms. The zero-order chi connectivity index (χ0) is 19.5. The van der Waals surface area contributed by atoms with Crippen molar-refractivity contribution in [2.45, 2.75) is 51.9 Å². The zero-order valence-electron chi connectivity index (χ0n) is 15.3. The molecule has 0 spiro atoms. The molecule has 0 radical (unpaired) electrons. The molecule has 138 valence electrons. The van der Waals surface area contributed by atoms with Crippen LogP contribution in [0.15, 0.2) is 12.2 Å². The highest BCUT2D eigenvalue weighted by Gasteiger charge is 2.53. The Labute approximate surface area is 151 Å². The third-order valence-corrected chi connectivity index (χ3v) is 5.63. The average Bonchev–Trinajstić information content (AvgIpc) is 2.51. The number of Topliss-reactive ketones (excluding diaryl/α,β-unsaturated/α-hetero) is 2. The van der Waals surface area contributed by atoms with Gasteiger partial charge in [-0.1, -0.05) is 27.4 Å². The molecule has 0 bridgehead atoms. The highest BCUT2D eigenvalue weighted by atomic mass is 16.5. The lowest BCUT2D eigenvalue weighted by Gasteiger charge is -2.45. The number of hydrogen-bond acceptors (Lipinski definition) is 6. The first kappa shape index (κ1) is 18.2. The number of allylic oxidation sites excluding steroid dienone is 1. The van der Waals surface area contributed by atoms with Crippen LogP contribution in [0.5, 0.6) is 17.2 Å². The molecule has 0 fully saturated rings. The molecule has 6 nitrogen and oxygen atoms in total. The minimum Gasteiger partial charge on any atom is -0.507 e. The van der Waals surface area contributed by atoms with Crippen LogP contribution in [0.1, 0.15) is 67.9 Å². The Morgan fingerprint density at radius 2 is 1.88 bits per heavy atom. The molecule has 1 aliphatic carbocycles. The number of ether oxygens (including phenoxy) is 1. The summed E-state index contributed by atoms with van der Waals surface area (Å²) in [7, 11) is 0. The Morgan fingerprint density at radius 1 is 1.27 bits per heavy atom. The van der Waals surface area contributed by atoms with Crippen molar-refractivity contribution in [1.82, 2.24) is 0 Å². The van der Waals surface area contributed by atoms with E-state index in [-0.39, 0.29) is 64.3 Å². The lowest BCUT2D eigenvalue weighted by atomic mass is 9.58. The molecule has 1 aromatic carbocycles. The second-order valence-electron chi connectivity index (χ2n) is 7.67. The summed E-state index contributed by atoms with van der Waals surface area (Å²) >= 11 is 0. The van der Waals surface area contributed by atoms with E-state index in [9.17, 15) is 24.6 Å². The van der Waals surface area contributed by atoms with Crippen LogP contribution in [-0.4, -0.2) is 27.7 Å². The van der Waals surface area contributed by atoms with E-state index >= 15 is 0 Å². The molecule has 2 unspecified atom stereocenters. The van der Waals surface area contributed by atoms with Crippen molar-refractivity contribution in [3.63, 3.8) is 0 Å². The summed E-state index contributed by atoms with van der Waals surface area (Å²) in [6, 6.07) is 0. The molecule has 3 rings (SSSR count). The highest BCUT2D eigenvalue weighted by molar-refractivity contribution is 6.06. The molecule has 0 saturated heterocycles. The van der Waals surface area contributed by atoms with Crippen molar-refractivity contribution in [2.24, 2.45) is 5.92 Å². The van der Waals surface area contributed by atoms with Crippen molar-refractivity contribution in [3.8, 4) is 17.2 Å². The van der Waals surface area contributed by atoms with Gasteiger partial charge in [0.05, 0.1) is 12.0 Å². The fourth-order valence-electron chi connectivity index (χ4n) is 4.28. The number of ketones is 2. The molecule has 2 N–H and O–H groups in total. The molecule has 2 atom stereocenters. The number of phenolic OH excluding ortho intramolecular Hbond substituents is 2. The van der Waals surface area contributed by atoms with Crippen molar-refractivity contribution in [2.75, 3.05) is 0 Å². The predicted octanol–water partition coefficient (Wildman–Crippen LogP) is 3.14. The maximum atomic E-state index is 12.9. The minimum atomic E-state index is -0.971. The first-order chi connectivity index (χ1) is 12.0. The van der Waals surface area contributed by atoms with Crippen LogP contribution in [0, 0.1) is 5.92 Å². The third kappa shape index (κ3) is 2.28. The molecule has 26 heavy (non-hydrogen) atoms. The largest absolute Gasteiger partial charge is 0.507 e. The standard InChI is InChI=1S/C20H22O6/c1-8(2)14-17(24)15-12(22)6-11(9(3)10(4)21)20(5)7-13(23)26-19(16(15)20)18(14)25/h8,11,24-25H,3,6-7H2,1-2,4-5H3. The van der Waals surface area contributed by atoms with Crippen LogP contribution < -0.4 is 4.74 Å². The summed E-state index contributed by atoms with van der Waals surface area (Å²) in [5.41, 5.74) is -0.183. The molecule has 0 amide bonds. The van der Waals surface area contributed by atoms with Crippen molar-refractivity contribution in [1.29, 1.82) is 0 Å². The number of carbonyl (C=O) groups excluding carboxylic acids is 3. The molecule has 1 aromatic rings. The average molecular weight is 358 g/mol. The number of carbonyl (C=O) groups is 3. The van der Waals surface area contributed by atoms with Gasteiger partial charge in [0.15, 0.2) is 23.1 Å². The van der Waals surface area contributed by atoms with E-state index in [1.165, 1.54) is 6.92 Å². The monoisotopic (exact) mass is 358 g/mol. The van der Waals surface area contributed by atoms with E-state index in [0.717, 1.165) is 0 Å². The number of esters is 1. The Bertz CT molecular complexity index is 879. The summed E-state index contributed by atoms with van der Waals surface area (Å²) in [6.45, 7) is 10.4. The topological polar surface area (TPSA) is 101 Å². The molecule has 1 heterocycles. The van der Waals surface area contributed by atoms with E-state index in [2.05, 4.69) is 6.58 Å². The van der Waals surface area contributed by atoms with Gasteiger partial charge >= 0.3 is 5.97 Å². The Kier molecular flexibility index (Phi) is 3.98. The van der Waals surface area contributed by atoms with Gasteiger partial charge in [-0.25, -0.2) is 0 Å². The van der Waals surface area contributed by atoms with E-state index in [4.69, 9.17) is 4.74 Å². The Morgan fingerprint density at radius 3 is 2.42 bits per heavy atom. The lowest BCUT2D eigenvalue weighted by molar-refractivity contribution is -0.138. The van der Waals surface area contributed by atoms with Gasteiger partial charge in [-0.05, 0) is 18.4 Å². The SMILES string of the molecule is C=C(C(C)=O)C1CC(=O)c2c(O)c(C(C)C)c(O)c3c2C1(C)CC(=O)O3. The second-order valence-corrected chi connectivity index (χ2v) is 7.67. The normalized spacial score (nSPS) is 24.3. The van der Waals surface area contributed by atoms with Crippen molar-refractivity contribution < 1.29 is 29.3 Å². The fourth-order valence-corrected chi connectivity index (χ4v) is 4.28. The number of rotatable bonds is 3. The smallest absolute Gasteiger partial charge is 0.312 e. The van der Waals surface area contributed by atoms with Crippen LogP contribution in [0.25, 0.3) is 0 Å². The van der Waals surface area contributed by atoms with Crippen LogP contribution >= 0.6 is 0 Å². The van der Waals surface area contributed by atoms with Crippen LogP contribution in [0.4, 0.5) is 0 Å². The van der Waals surface area contributed by atoms with Gasteiger partial charge in [0, 0.05) is 28.9 Å². The Balaban J connectivity index is 2.41. The van der Waals surface area contributed by atoms with E-state index < -0.39 is 17.3 Å². The predicted molar refractivity (Wildman–Crippen MR) is 93.7 cm³/mol. The van der Waals surface area contributed by atoms with Crippen LogP contribution in [0.2, 0.25) is 0 Å². The van der Waals surface area contributed by atoms with Crippen LogP contribution in [-0.2, 0) is 15.0 Å². The van der Waals surface area contributed by atoms with Gasteiger partial charge in [0.25, 0.3) is 0 Å². The van der Waals surface area contributed by atoms with Crippen LogP contribution in [0.3, 0.4) is 0 Å².